The molecule has 0 bridgehead atoms. The number of phosphoric acid groups is 1. The fraction of sp³-hybridized carbons (Fsp3) is 0. The Hall–Kier alpha value is 0.879. The van der Waals surface area contributed by atoms with E-state index in [4.69, 9.17) is 4.89 Å². The third-order valence-corrected chi connectivity index (χ3v) is 3.38. The Labute approximate surface area is 64.9 Å². The fourth-order valence-corrected chi connectivity index (χ4v) is 1.80. The normalized spacial score (nSPS) is 10.8. The molecular weight excluding hydrogens is 229 g/mol. The molecule has 0 amide bonds. The Morgan fingerprint density at radius 1 is 1.22 bits per heavy atom. The molecule has 0 aliphatic rings. The zero-order valence-corrected chi connectivity index (χ0v) is 7.52. The molecule has 0 saturated carbocycles. The van der Waals surface area contributed by atoms with Crippen LogP contribution in [0.15, 0.2) is 0 Å². The van der Waals surface area contributed by atoms with Crippen LogP contribution < -0.4 is 0 Å². The molecular formula is HO6PV2. The molecule has 9 heteroatoms. The molecule has 0 atom stereocenters. The molecule has 6 nitrogen and oxygen atoms in total. The van der Waals surface area contributed by atoms with Crippen LogP contribution >= 0.6 is 7.82 Å². The quantitative estimate of drug-likeness (QED) is 0.672. The van der Waals surface area contributed by atoms with E-state index in [0.29, 0.717) is 0 Å². The van der Waals surface area contributed by atoms with Gasteiger partial charge in [-0.1, -0.05) is 0 Å². The second kappa shape index (κ2) is 4.66. The van der Waals surface area contributed by atoms with Gasteiger partial charge in [-0.15, -0.1) is 0 Å². The van der Waals surface area contributed by atoms with Crippen LogP contribution in [0, 0.1) is 0 Å². The van der Waals surface area contributed by atoms with Crippen molar-refractivity contribution in [2.75, 3.05) is 0 Å². The van der Waals surface area contributed by atoms with Gasteiger partial charge in [-0.2, -0.15) is 0 Å². The third-order valence-electron chi connectivity index (χ3n) is 0.273. The zero-order chi connectivity index (χ0) is 7.33. The van der Waals surface area contributed by atoms with E-state index in [2.05, 4.69) is 6.90 Å². The SMILES string of the molecule is [O]=[V][O]P(=O)(O)[O][V]=[O]. The van der Waals surface area contributed by atoms with Crippen LogP contribution in [0.4, 0.5) is 0 Å². The van der Waals surface area contributed by atoms with Crippen LogP contribution in [0.1, 0.15) is 0 Å². The predicted octanol–water partition coefficient (Wildman–Crippen LogP) is -0.194. The van der Waals surface area contributed by atoms with Crippen molar-refractivity contribution in [2.24, 2.45) is 0 Å². The summed E-state index contributed by atoms with van der Waals surface area (Å²) in [6.07, 6.45) is 0. The van der Waals surface area contributed by atoms with Gasteiger partial charge >= 0.3 is 64.7 Å². The average molecular weight is 230 g/mol. The fourth-order valence-electron chi connectivity index (χ4n) is 0.0992. The summed E-state index contributed by atoms with van der Waals surface area (Å²) in [5.74, 6) is 0. The molecule has 0 aliphatic carbocycles. The van der Waals surface area contributed by atoms with Crippen LogP contribution in [-0.2, 0) is 52.0 Å². The van der Waals surface area contributed by atoms with Crippen molar-refractivity contribution >= 4 is 7.82 Å². The van der Waals surface area contributed by atoms with Gasteiger partial charge in [-0.05, 0) is 0 Å². The predicted molar refractivity (Wildman–Crippen MR) is 13.4 cm³/mol. The summed E-state index contributed by atoms with van der Waals surface area (Å²) in [7, 11) is -4.23. The van der Waals surface area contributed by atoms with Crippen LogP contribution in [0.5, 0.6) is 0 Å². The second-order valence-electron chi connectivity index (χ2n) is 0.781. The van der Waals surface area contributed by atoms with Gasteiger partial charge in [-0.25, -0.2) is 0 Å². The van der Waals surface area contributed by atoms with Crippen molar-refractivity contribution in [1.82, 2.24) is 0 Å². The Morgan fingerprint density at radius 3 is 1.78 bits per heavy atom. The molecule has 0 aromatic rings. The Morgan fingerprint density at radius 2 is 1.56 bits per heavy atom. The first-order valence-electron chi connectivity index (χ1n) is 1.48. The van der Waals surface area contributed by atoms with E-state index >= 15 is 0 Å². The van der Waals surface area contributed by atoms with Gasteiger partial charge in [0.15, 0.2) is 0 Å². The van der Waals surface area contributed by atoms with Crippen LogP contribution in [0.25, 0.3) is 0 Å². The molecule has 0 aliphatic heterocycles. The van der Waals surface area contributed by atoms with Gasteiger partial charge in [0.1, 0.15) is 0 Å². The molecule has 0 heterocycles. The molecule has 0 fully saturated rings. The van der Waals surface area contributed by atoms with E-state index in [1.807, 2.05) is 0 Å². The first-order chi connectivity index (χ1) is 4.12. The minimum absolute atomic E-state index is 1.89. The summed E-state index contributed by atoms with van der Waals surface area (Å²) < 4.78 is 36.8. The van der Waals surface area contributed by atoms with Crippen molar-refractivity contribution in [3.8, 4) is 0 Å². The first-order valence-corrected chi connectivity index (χ1v) is 5.25. The molecule has 0 saturated heterocycles. The molecule has 0 rings (SSSR count). The summed E-state index contributed by atoms with van der Waals surface area (Å²) in [6, 6.07) is 0. The molecule has 0 unspecified atom stereocenters. The van der Waals surface area contributed by atoms with Crippen molar-refractivity contribution in [2.45, 2.75) is 0 Å². The van der Waals surface area contributed by atoms with Crippen LogP contribution in [0.3, 0.4) is 0 Å². The van der Waals surface area contributed by atoms with Gasteiger partial charge in [0.05, 0.1) is 0 Å². The van der Waals surface area contributed by atoms with E-state index < -0.39 is 41.0 Å². The van der Waals surface area contributed by atoms with Gasteiger partial charge in [-0.3, -0.25) is 0 Å². The van der Waals surface area contributed by atoms with E-state index in [0.717, 1.165) is 0 Å². The van der Waals surface area contributed by atoms with Gasteiger partial charge < -0.3 is 0 Å². The summed E-state index contributed by atoms with van der Waals surface area (Å²) in [6.45, 7) is 0. The molecule has 52 valence electrons. The number of hydrogen-bond donors (Lipinski definition) is 1. The summed E-state index contributed by atoms with van der Waals surface area (Å²) in [4.78, 5) is 8.27. The van der Waals surface area contributed by atoms with E-state index in [1.54, 1.807) is 0 Å². The van der Waals surface area contributed by atoms with Crippen molar-refractivity contribution in [1.29, 1.82) is 0 Å². The Bertz CT molecular complexity index is 137. The minimum atomic E-state index is -4.23. The Kier molecular flexibility index (Phi) is 5.11. The molecule has 0 aromatic carbocycles. The molecule has 1 N–H and O–H groups in total. The number of hydrogen-bond acceptors (Lipinski definition) is 5. The molecule has 9 heavy (non-hydrogen) atoms. The maximum absolute atomic E-state index is 10.2. The van der Waals surface area contributed by atoms with Crippen molar-refractivity contribution < 1.29 is 56.9 Å². The third kappa shape index (κ3) is 5.33. The summed E-state index contributed by atoms with van der Waals surface area (Å²) in [5, 5.41) is 0. The summed E-state index contributed by atoms with van der Waals surface area (Å²) in [5.41, 5.74) is 0. The van der Waals surface area contributed by atoms with Gasteiger partial charge in [0.2, 0.25) is 0 Å². The standard InChI is InChI=1S/H3O4P.2O.2V/c1-5(2,3)4;;;;/h(H3,1,2,3,4);;;;/q;;;2*+1/p-2. The van der Waals surface area contributed by atoms with Gasteiger partial charge in [0, 0.05) is 0 Å². The first kappa shape index (κ1) is 9.88. The van der Waals surface area contributed by atoms with E-state index in [9.17, 15) is 11.9 Å². The topological polar surface area (TPSA) is 89.9 Å². The maximum atomic E-state index is 10.2. The number of rotatable bonds is 4. The van der Waals surface area contributed by atoms with Crippen molar-refractivity contribution in [3.63, 3.8) is 0 Å². The molecule has 0 spiro atoms. The van der Waals surface area contributed by atoms with Crippen LogP contribution in [0.2, 0.25) is 0 Å². The second-order valence-corrected chi connectivity index (χ2v) is 4.04. The van der Waals surface area contributed by atoms with Gasteiger partial charge in [0.25, 0.3) is 0 Å². The Balaban J connectivity index is 3.85. The van der Waals surface area contributed by atoms with Crippen molar-refractivity contribution in [3.05, 3.63) is 0 Å². The monoisotopic (exact) mass is 230 g/mol. The van der Waals surface area contributed by atoms with Crippen LogP contribution in [-0.4, -0.2) is 4.89 Å². The molecule has 0 aromatic heterocycles. The van der Waals surface area contributed by atoms with E-state index in [1.165, 1.54) is 0 Å². The summed E-state index contributed by atoms with van der Waals surface area (Å²) >= 11 is -3.77. The van der Waals surface area contributed by atoms with E-state index in [-0.39, 0.29) is 0 Å². The average Bonchev–Trinajstić information content (AvgIpc) is 1.64. The molecule has 0 radical (unpaired) electrons. The zero-order valence-electron chi connectivity index (χ0n) is 3.83.